The van der Waals surface area contributed by atoms with Gasteiger partial charge in [-0.15, -0.1) is 0 Å². The van der Waals surface area contributed by atoms with Crippen molar-refractivity contribution in [2.75, 3.05) is 0 Å². The molecule has 0 fully saturated rings. The van der Waals surface area contributed by atoms with Crippen molar-refractivity contribution in [3.05, 3.63) is 20.9 Å². The van der Waals surface area contributed by atoms with Crippen LogP contribution in [0.2, 0.25) is 5.02 Å². The van der Waals surface area contributed by atoms with E-state index in [1.807, 2.05) is 19.9 Å². The minimum Gasteiger partial charge on any atom is -0.475 e. The molecule has 0 aliphatic heterocycles. The molecule has 1 rings (SSSR count). The van der Waals surface area contributed by atoms with Crippen LogP contribution in [0.1, 0.15) is 13.8 Å². The molecule has 0 unspecified atom stereocenters. The topological polar surface area (TPSA) is 22.1 Å². The number of aromatic nitrogens is 1. The molecule has 0 saturated carbocycles. The third-order valence-electron chi connectivity index (χ3n) is 1.14. The molecule has 1 aromatic heterocycles. The molecule has 0 atom stereocenters. The predicted molar refractivity (Wildman–Crippen MR) is 57.7 cm³/mol. The van der Waals surface area contributed by atoms with Crippen LogP contribution in [-0.4, -0.2) is 11.1 Å². The van der Waals surface area contributed by atoms with Gasteiger partial charge in [0.1, 0.15) is 0 Å². The standard InChI is InChI=1S/C8H9ClINO/c1-5(2)12-8-3-7(10)6(9)4-11-8/h3-5H,1-2H3. The largest absolute Gasteiger partial charge is 0.475 e. The first-order chi connectivity index (χ1) is 5.59. The highest BCUT2D eigenvalue weighted by molar-refractivity contribution is 14.1. The van der Waals surface area contributed by atoms with Crippen molar-refractivity contribution in [1.82, 2.24) is 4.98 Å². The van der Waals surface area contributed by atoms with Crippen LogP contribution in [0.5, 0.6) is 5.88 Å². The van der Waals surface area contributed by atoms with Crippen molar-refractivity contribution in [3.63, 3.8) is 0 Å². The van der Waals surface area contributed by atoms with Gasteiger partial charge in [-0.2, -0.15) is 0 Å². The van der Waals surface area contributed by atoms with Crippen LogP contribution >= 0.6 is 34.2 Å². The van der Waals surface area contributed by atoms with Crippen molar-refractivity contribution in [3.8, 4) is 5.88 Å². The number of hydrogen-bond acceptors (Lipinski definition) is 2. The average Bonchev–Trinajstić information content (AvgIpc) is 1.96. The number of nitrogens with zero attached hydrogens (tertiary/aromatic N) is 1. The molecule has 4 heteroatoms. The molecule has 0 spiro atoms. The second-order valence-corrected chi connectivity index (χ2v) is 4.17. The van der Waals surface area contributed by atoms with E-state index in [1.54, 1.807) is 6.20 Å². The minimum atomic E-state index is 0.148. The molecule has 2 nitrogen and oxygen atoms in total. The first-order valence-electron chi connectivity index (χ1n) is 3.57. The van der Waals surface area contributed by atoms with Gasteiger partial charge in [-0.3, -0.25) is 0 Å². The first kappa shape index (κ1) is 10.1. The van der Waals surface area contributed by atoms with E-state index in [1.165, 1.54) is 0 Å². The Hall–Kier alpha value is -0.0300. The molecule has 0 saturated heterocycles. The van der Waals surface area contributed by atoms with Gasteiger partial charge in [0.15, 0.2) is 0 Å². The maximum atomic E-state index is 5.79. The molecule has 0 N–H and O–H groups in total. The van der Waals surface area contributed by atoms with Gasteiger partial charge in [0, 0.05) is 9.64 Å². The van der Waals surface area contributed by atoms with Gasteiger partial charge in [0.25, 0.3) is 0 Å². The molecule has 0 amide bonds. The van der Waals surface area contributed by atoms with Gasteiger partial charge in [-0.05, 0) is 36.4 Å². The van der Waals surface area contributed by atoms with Gasteiger partial charge in [-0.25, -0.2) is 4.98 Å². The predicted octanol–water partition coefficient (Wildman–Crippen LogP) is 3.13. The lowest BCUT2D eigenvalue weighted by molar-refractivity contribution is 0.232. The number of halogens is 2. The molecule has 1 heterocycles. The Morgan fingerprint density at radius 1 is 1.58 bits per heavy atom. The van der Waals surface area contributed by atoms with Gasteiger partial charge >= 0.3 is 0 Å². The van der Waals surface area contributed by atoms with Crippen LogP contribution in [0.3, 0.4) is 0 Å². The third-order valence-corrected chi connectivity index (χ3v) is 2.65. The van der Waals surface area contributed by atoms with E-state index in [0.717, 1.165) is 3.57 Å². The summed E-state index contributed by atoms with van der Waals surface area (Å²) < 4.78 is 6.33. The SMILES string of the molecule is CC(C)Oc1cc(I)c(Cl)cn1. The minimum absolute atomic E-state index is 0.148. The lowest BCUT2D eigenvalue weighted by atomic mass is 10.4. The number of rotatable bonds is 2. The molecule has 66 valence electrons. The van der Waals surface area contributed by atoms with E-state index in [9.17, 15) is 0 Å². The van der Waals surface area contributed by atoms with Crippen molar-refractivity contribution in [2.24, 2.45) is 0 Å². The smallest absolute Gasteiger partial charge is 0.214 e. The summed E-state index contributed by atoms with van der Waals surface area (Å²) in [6, 6.07) is 1.82. The summed E-state index contributed by atoms with van der Waals surface area (Å²) in [5.74, 6) is 0.624. The van der Waals surface area contributed by atoms with E-state index >= 15 is 0 Å². The zero-order chi connectivity index (χ0) is 9.14. The van der Waals surface area contributed by atoms with E-state index in [2.05, 4.69) is 27.6 Å². The van der Waals surface area contributed by atoms with E-state index in [0.29, 0.717) is 10.9 Å². The van der Waals surface area contributed by atoms with Crippen molar-refractivity contribution >= 4 is 34.2 Å². The van der Waals surface area contributed by atoms with Gasteiger partial charge in [0.2, 0.25) is 5.88 Å². The number of pyridine rings is 1. The summed E-state index contributed by atoms with van der Waals surface area (Å²) in [6.45, 7) is 3.92. The quantitative estimate of drug-likeness (QED) is 0.783. The van der Waals surface area contributed by atoms with E-state index < -0.39 is 0 Å². The first-order valence-corrected chi connectivity index (χ1v) is 5.03. The van der Waals surface area contributed by atoms with Crippen molar-refractivity contribution in [1.29, 1.82) is 0 Å². The number of ether oxygens (including phenoxy) is 1. The maximum Gasteiger partial charge on any atom is 0.214 e. The highest BCUT2D eigenvalue weighted by atomic mass is 127. The van der Waals surface area contributed by atoms with Crippen molar-refractivity contribution < 1.29 is 4.74 Å². The zero-order valence-corrected chi connectivity index (χ0v) is 9.76. The summed E-state index contributed by atoms with van der Waals surface area (Å²) in [7, 11) is 0. The molecular weight excluding hydrogens is 288 g/mol. The Balaban J connectivity index is 2.82. The second kappa shape index (κ2) is 4.28. The Labute approximate surface area is 90.4 Å². The lowest BCUT2D eigenvalue weighted by Gasteiger charge is -2.08. The average molecular weight is 298 g/mol. The van der Waals surface area contributed by atoms with Gasteiger partial charge in [0.05, 0.1) is 17.3 Å². The normalized spacial score (nSPS) is 10.4. The van der Waals surface area contributed by atoms with Crippen LogP contribution < -0.4 is 4.74 Å². The summed E-state index contributed by atoms with van der Waals surface area (Å²) >= 11 is 7.94. The molecule has 0 aliphatic rings. The molecule has 0 aromatic carbocycles. The Bertz CT molecular complexity index is 278. The molecule has 0 aliphatic carbocycles. The fourth-order valence-corrected chi connectivity index (χ4v) is 1.21. The third kappa shape index (κ3) is 2.79. The van der Waals surface area contributed by atoms with Crippen LogP contribution in [0.15, 0.2) is 12.3 Å². The number of hydrogen-bond donors (Lipinski definition) is 0. The van der Waals surface area contributed by atoms with Crippen LogP contribution in [-0.2, 0) is 0 Å². The van der Waals surface area contributed by atoms with Crippen molar-refractivity contribution in [2.45, 2.75) is 20.0 Å². The Morgan fingerprint density at radius 3 is 2.75 bits per heavy atom. The van der Waals surface area contributed by atoms with E-state index in [4.69, 9.17) is 16.3 Å². The van der Waals surface area contributed by atoms with Crippen LogP contribution in [0, 0.1) is 3.57 Å². The summed E-state index contributed by atoms with van der Waals surface area (Å²) in [4.78, 5) is 4.02. The second-order valence-electron chi connectivity index (χ2n) is 2.60. The summed E-state index contributed by atoms with van der Waals surface area (Å²) in [5, 5.41) is 0.659. The fraction of sp³-hybridized carbons (Fsp3) is 0.375. The molecule has 0 radical (unpaired) electrons. The molecule has 12 heavy (non-hydrogen) atoms. The van der Waals surface area contributed by atoms with E-state index in [-0.39, 0.29) is 6.10 Å². The van der Waals surface area contributed by atoms with Gasteiger partial charge < -0.3 is 4.74 Å². The lowest BCUT2D eigenvalue weighted by Crippen LogP contribution is -2.06. The molecule has 1 aromatic rings. The van der Waals surface area contributed by atoms with Crippen LogP contribution in [0.25, 0.3) is 0 Å². The summed E-state index contributed by atoms with van der Waals surface area (Å²) in [6.07, 6.45) is 1.75. The van der Waals surface area contributed by atoms with Gasteiger partial charge in [-0.1, -0.05) is 11.6 Å². The zero-order valence-electron chi connectivity index (χ0n) is 6.84. The maximum absolute atomic E-state index is 5.79. The highest BCUT2D eigenvalue weighted by Crippen LogP contribution is 2.21. The monoisotopic (exact) mass is 297 g/mol. The summed E-state index contributed by atoms with van der Waals surface area (Å²) in [5.41, 5.74) is 0. The Morgan fingerprint density at radius 2 is 2.25 bits per heavy atom. The fourth-order valence-electron chi connectivity index (χ4n) is 0.703. The molecule has 0 bridgehead atoms. The van der Waals surface area contributed by atoms with Crippen LogP contribution in [0.4, 0.5) is 0 Å². The highest BCUT2D eigenvalue weighted by Gasteiger charge is 2.02. The molecular formula is C8H9ClINO. The Kier molecular flexibility index (Phi) is 3.58.